The minimum Gasteiger partial charge on any atom is -0.454 e. The van der Waals surface area contributed by atoms with Crippen LogP contribution in [0.3, 0.4) is 0 Å². The average molecular weight is 357 g/mol. The molecule has 1 unspecified atom stereocenters. The molecule has 1 aliphatic heterocycles. The van der Waals surface area contributed by atoms with Gasteiger partial charge in [0.15, 0.2) is 17.1 Å². The fraction of sp³-hybridized carbons (Fsp3) is 0.250. The van der Waals surface area contributed by atoms with Crippen molar-refractivity contribution in [3.63, 3.8) is 0 Å². The molecule has 3 aromatic rings. The number of hydrogen-bond acceptors (Lipinski definition) is 7. The lowest BCUT2D eigenvalue weighted by Gasteiger charge is -2.14. The Morgan fingerprint density at radius 3 is 3.08 bits per heavy atom. The van der Waals surface area contributed by atoms with Gasteiger partial charge in [-0.05, 0) is 18.6 Å². The molecule has 1 aromatic carbocycles. The van der Waals surface area contributed by atoms with E-state index in [-0.39, 0.29) is 18.0 Å². The summed E-state index contributed by atoms with van der Waals surface area (Å²) < 4.78 is 10.6. The molecule has 3 heterocycles. The van der Waals surface area contributed by atoms with Crippen LogP contribution in [0.5, 0.6) is 11.5 Å². The second-order valence-electron chi connectivity index (χ2n) is 5.35. The third-order valence-electron chi connectivity index (χ3n) is 3.75. The van der Waals surface area contributed by atoms with Gasteiger partial charge in [0.2, 0.25) is 12.7 Å². The fourth-order valence-corrected chi connectivity index (χ4v) is 3.46. The Labute approximate surface area is 147 Å². The molecular formula is C16H15N5O3S. The number of H-pyrrole nitrogens is 1. The molecule has 0 radical (unpaired) electrons. The normalized spacial score (nSPS) is 13.8. The summed E-state index contributed by atoms with van der Waals surface area (Å²) >= 11 is 1.39. The highest BCUT2D eigenvalue weighted by Crippen LogP contribution is 2.35. The zero-order valence-corrected chi connectivity index (χ0v) is 14.2. The van der Waals surface area contributed by atoms with Gasteiger partial charge in [-0.25, -0.2) is 15.0 Å². The van der Waals surface area contributed by atoms with Gasteiger partial charge in [-0.1, -0.05) is 18.7 Å². The van der Waals surface area contributed by atoms with E-state index in [0.29, 0.717) is 34.3 Å². The summed E-state index contributed by atoms with van der Waals surface area (Å²) in [5, 5.41) is 3.32. The number of anilines is 1. The maximum atomic E-state index is 12.6. The summed E-state index contributed by atoms with van der Waals surface area (Å²) in [5.74, 6) is 1.22. The van der Waals surface area contributed by atoms with Gasteiger partial charge in [0, 0.05) is 11.8 Å². The number of hydrogen-bond donors (Lipinski definition) is 2. The summed E-state index contributed by atoms with van der Waals surface area (Å²) in [4.78, 5) is 28.1. The predicted octanol–water partition coefficient (Wildman–Crippen LogP) is 2.59. The molecule has 0 saturated carbocycles. The largest absolute Gasteiger partial charge is 0.454 e. The Hall–Kier alpha value is -2.81. The lowest BCUT2D eigenvalue weighted by Crippen LogP contribution is -2.24. The summed E-state index contributed by atoms with van der Waals surface area (Å²) in [6, 6.07) is 5.33. The van der Waals surface area contributed by atoms with Crippen LogP contribution in [-0.2, 0) is 4.79 Å². The summed E-state index contributed by atoms with van der Waals surface area (Å²) in [7, 11) is 0. The molecule has 0 aliphatic carbocycles. The number of aromatic amines is 1. The molecular weight excluding hydrogens is 342 g/mol. The lowest BCUT2D eigenvalue weighted by molar-refractivity contribution is -0.115. The molecule has 0 fully saturated rings. The quantitative estimate of drug-likeness (QED) is 0.534. The molecule has 1 amide bonds. The number of ether oxygens (including phenoxy) is 2. The predicted molar refractivity (Wildman–Crippen MR) is 92.8 cm³/mol. The minimum absolute atomic E-state index is 0.0994. The Morgan fingerprint density at radius 1 is 1.32 bits per heavy atom. The van der Waals surface area contributed by atoms with Crippen molar-refractivity contribution in [2.45, 2.75) is 23.6 Å². The van der Waals surface area contributed by atoms with E-state index in [1.807, 2.05) is 6.92 Å². The van der Waals surface area contributed by atoms with Crippen LogP contribution < -0.4 is 14.8 Å². The van der Waals surface area contributed by atoms with Crippen molar-refractivity contribution in [2.75, 3.05) is 12.1 Å². The van der Waals surface area contributed by atoms with Gasteiger partial charge in [0.05, 0.1) is 11.6 Å². The topological polar surface area (TPSA) is 102 Å². The van der Waals surface area contributed by atoms with Crippen LogP contribution in [0.4, 0.5) is 5.69 Å². The lowest BCUT2D eigenvalue weighted by atomic mass is 10.2. The van der Waals surface area contributed by atoms with Crippen molar-refractivity contribution in [1.82, 2.24) is 19.9 Å². The van der Waals surface area contributed by atoms with Gasteiger partial charge in [-0.15, -0.1) is 0 Å². The molecule has 2 N–H and O–H groups in total. The molecule has 0 spiro atoms. The molecule has 8 nitrogen and oxygen atoms in total. The molecule has 4 rings (SSSR count). The van der Waals surface area contributed by atoms with Crippen molar-refractivity contribution in [3.8, 4) is 11.5 Å². The van der Waals surface area contributed by atoms with Crippen LogP contribution in [-0.4, -0.2) is 37.9 Å². The molecule has 0 saturated heterocycles. The highest BCUT2D eigenvalue weighted by molar-refractivity contribution is 8.00. The van der Waals surface area contributed by atoms with E-state index in [0.717, 1.165) is 5.52 Å². The number of benzene rings is 1. The van der Waals surface area contributed by atoms with E-state index in [4.69, 9.17) is 9.47 Å². The monoisotopic (exact) mass is 357 g/mol. The van der Waals surface area contributed by atoms with Crippen LogP contribution in [0.25, 0.3) is 11.2 Å². The standard InChI is InChI=1S/C16H15N5O3S/c1-2-12(25-16-13-14(18-6-17-13)19-7-20-16)15(22)21-9-3-4-10-11(5-9)24-8-23-10/h3-7,12H,2,8H2,1H3,(H,21,22)(H,17,18,19,20). The molecule has 25 heavy (non-hydrogen) atoms. The number of nitrogens with zero attached hydrogens (tertiary/aromatic N) is 3. The van der Waals surface area contributed by atoms with Crippen molar-refractivity contribution in [2.24, 2.45) is 0 Å². The number of imidazole rings is 1. The number of carbonyl (C=O) groups excluding carboxylic acids is 1. The van der Waals surface area contributed by atoms with Crippen LogP contribution in [0.2, 0.25) is 0 Å². The molecule has 2 aromatic heterocycles. The van der Waals surface area contributed by atoms with Gasteiger partial charge in [0.25, 0.3) is 0 Å². The number of rotatable bonds is 5. The molecule has 1 atom stereocenters. The van der Waals surface area contributed by atoms with Gasteiger partial charge in [-0.2, -0.15) is 0 Å². The maximum Gasteiger partial charge on any atom is 0.237 e. The fourth-order valence-electron chi connectivity index (χ4n) is 2.49. The van der Waals surface area contributed by atoms with Crippen LogP contribution >= 0.6 is 11.8 Å². The van der Waals surface area contributed by atoms with Crippen LogP contribution in [0.1, 0.15) is 13.3 Å². The van der Waals surface area contributed by atoms with Gasteiger partial charge < -0.3 is 19.8 Å². The second-order valence-corrected chi connectivity index (χ2v) is 6.54. The third-order valence-corrected chi connectivity index (χ3v) is 5.11. The van der Waals surface area contributed by atoms with Crippen LogP contribution in [0.15, 0.2) is 35.9 Å². The van der Waals surface area contributed by atoms with Crippen molar-refractivity contribution in [1.29, 1.82) is 0 Å². The van der Waals surface area contributed by atoms with Crippen LogP contribution in [0, 0.1) is 0 Å². The highest BCUT2D eigenvalue weighted by Gasteiger charge is 2.22. The van der Waals surface area contributed by atoms with Gasteiger partial charge >= 0.3 is 0 Å². The Kier molecular flexibility index (Phi) is 4.14. The van der Waals surface area contributed by atoms with E-state index in [1.54, 1.807) is 24.5 Å². The first-order valence-electron chi connectivity index (χ1n) is 7.76. The third kappa shape index (κ3) is 3.10. The van der Waals surface area contributed by atoms with Crippen molar-refractivity contribution >= 4 is 34.5 Å². The first kappa shape index (κ1) is 15.7. The second kappa shape index (κ2) is 6.60. The van der Waals surface area contributed by atoms with Crippen molar-refractivity contribution < 1.29 is 14.3 Å². The SMILES string of the molecule is CCC(Sc1ncnc2nc[nH]c12)C(=O)Nc1ccc2c(c1)OCO2. The molecule has 9 heteroatoms. The number of thioether (sulfide) groups is 1. The molecule has 1 aliphatic rings. The first-order valence-corrected chi connectivity index (χ1v) is 8.64. The van der Waals surface area contributed by atoms with Gasteiger partial charge in [0.1, 0.15) is 16.9 Å². The van der Waals surface area contributed by atoms with E-state index in [2.05, 4.69) is 25.3 Å². The van der Waals surface area contributed by atoms with Crippen molar-refractivity contribution in [3.05, 3.63) is 30.9 Å². The Morgan fingerprint density at radius 2 is 2.20 bits per heavy atom. The van der Waals surface area contributed by atoms with E-state index >= 15 is 0 Å². The molecule has 0 bridgehead atoms. The zero-order chi connectivity index (χ0) is 17.2. The van der Waals surface area contributed by atoms with E-state index in [1.165, 1.54) is 18.1 Å². The smallest absolute Gasteiger partial charge is 0.237 e. The minimum atomic E-state index is -0.299. The Bertz CT molecular complexity index is 929. The maximum absolute atomic E-state index is 12.6. The van der Waals surface area contributed by atoms with E-state index < -0.39 is 0 Å². The zero-order valence-electron chi connectivity index (χ0n) is 13.4. The first-order chi connectivity index (χ1) is 12.2. The molecule has 128 valence electrons. The summed E-state index contributed by atoms with van der Waals surface area (Å²) in [6.45, 7) is 2.16. The number of nitrogens with one attached hydrogen (secondary N) is 2. The summed E-state index contributed by atoms with van der Waals surface area (Å²) in [5.41, 5.74) is 1.99. The average Bonchev–Trinajstić information content (AvgIpc) is 3.28. The van der Waals surface area contributed by atoms with E-state index in [9.17, 15) is 4.79 Å². The summed E-state index contributed by atoms with van der Waals surface area (Å²) in [6.07, 6.45) is 3.67. The number of fused-ring (bicyclic) bond motifs is 2. The number of aromatic nitrogens is 4. The Balaban J connectivity index is 1.50. The number of carbonyl (C=O) groups is 1. The van der Waals surface area contributed by atoms with Gasteiger partial charge in [-0.3, -0.25) is 4.79 Å². The highest BCUT2D eigenvalue weighted by atomic mass is 32.2. The number of amides is 1.